The summed E-state index contributed by atoms with van der Waals surface area (Å²) in [5.74, 6) is 2.67. The minimum Gasteiger partial charge on any atom is -0.482 e. The molecule has 3 rings (SSSR count). The van der Waals surface area contributed by atoms with Crippen LogP contribution in [0.4, 0.5) is 5.69 Å². The smallest absolute Gasteiger partial charge is 0.253 e. The van der Waals surface area contributed by atoms with Crippen molar-refractivity contribution in [1.82, 2.24) is 10.2 Å². The lowest BCUT2D eigenvalue weighted by atomic mass is 9.99. The van der Waals surface area contributed by atoms with Crippen molar-refractivity contribution >= 4 is 5.69 Å². The zero-order chi connectivity index (χ0) is 14.7. The summed E-state index contributed by atoms with van der Waals surface area (Å²) in [6.45, 7) is 6.56. The van der Waals surface area contributed by atoms with Gasteiger partial charge in [0.15, 0.2) is 6.61 Å². The van der Waals surface area contributed by atoms with Crippen LogP contribution in [0.5, 0.6) is 5.75 Å². The summed E-state index contributed by atoms with van der Waals surface area (Å²) in [7, 11) is 0. The lowest BCUT2D eigenvalue weighted by Crippen LogP contribution is -2.34. The summed E-state index contributed by atoms with van der Waals surface area (Å²) in [5, 5.41) is 7.77. The Bertz CT molecular complexity index is 597. The number of para-hydroxylation sites is 2. The van der Waals surface area contributed by atoms with Gasteiger partial charge in [-0.15, -0.1) is 10.2 Å². The molecule has 1 aliphatic heterocycles. The lowest BCUT2D eigenvalue weighted by Gasteiger charge is -2.33. The molecule has 0 N–H and O–H groups in total. The highest BCUT2D eigenvalue weighted by Crippen LogP contribution is 2.31. The second kappa shape index (κ2) is 6.16. The Morgan fingerprint density at radius 3 is 2.95 bits per heavy atom. The molecule has 21 heavy (non-hydrogen) atoms. The maximum absolute atomic E-state index is 5.89. The quantitative estimate of drug-likeness (QED) is 0.864. The van der Waals surface area contributed by atoms with Crippen molar-refractivity contribution in [1.29, 1.82) is 0 Å². The first kappa shape index (κ1) is 13.9. The Morgan fingerprint density at radius 1 is 1.33 bits per heavy atom. The zero-order valence-corrected chi connectivity index (χ0v) is 12.6. The van der Waals surface area contributed by atoms with Gasteiger partial charge in [-0.1, -0.05) is 19.1 Å². The summed E-state index contributed by atoms with van der Waals surface area (Å²) in [6, 6.07) is 8.16. The standard InChI is InChI=1S/C16H21N3O2/c1-12-6-5-9-19(10-12)14-7-3-4-8-15(14)20-11-16-18-17-13(2)21-16/h3-4,7-8,12H,5-6,9-11H2,1-2H3. The van der Waals surface area contributed by atoms with E-state index >= 15 is 0 Å². The third-order valence-electron chi connectivity index (χ3n) is 3.78. The molecule has 0 bridgehead atoms. The summed E-state index contributed by atoms with van der Waals surface area (Å²) in [4.78, 5) is 2.41. The second-order valence-corrected chi connectivity index (χ2v) is 5.66. The molecule has 112 valence electrons. The third kappa shape index (κ3) is 3.35. The van der Waals surface area contributed by atoms with Crippen molar-refractivity contribution < 1.29 is 9.15 Å². The molecule has 5 heteroatoms. The van der Waals surface area contributed by atoms with Gasteiger partial charge in [-0.25, -0.2) is 0 Å². The van der Waals surface area contributed by atoms with Crippen LogP contribution in [0.15, 0.2) is 28.7 Å². The maximum atomic E-state index is 5.89. The molecule has 1 unspecified atom stereocenters. The minimum atomic E-state index is 0.307. The van der Waals surface area contributed by atoms with Crippen molar-refractivity contribution in [3.8, 4) is 5.75 Å². The highest BCUT2D eigenvalue weighted by Gasteiger charge is 2.19. The molecular weight excluding hydrogens is 266 g/mol. The predicted octanol–water partition coefficient (Wildman–Crippen LogP) is 3.19. The number of piperidine rings is 1. The molecule has 1 saturated heterocycles. The summed E-state index contributed by atoms with van der Waals surface area (Å²) in [6.07, 6.45) is 2.54. The fourth-order valence-electron chi connectivity index (χ4n) is 2.78. The van der Waals surface area contributed by atoms with E-state index in [0.717, 1.165) is 30.4 Å². The van der Waals surface area contributed by atoms with Crippen LogP contribution in [0.1, 0.15) is 31.5 Å². The Morgan fingerprint density at radius 2 is 2.19 bits per heavy atom. The Kier molecular flexibility index (Phi) is 4.08. The van der Waals surface area contributed by atoms with E-state index < -0.39 is 0 Å². The second-order valence-electron chi connectivity index (χ2n) is 5.66. The molecule has 0 aliphatic carbocycles. The molecule has 0 amide bonds. The lowest BCUT2D eigenvalue weighted by molar-refractivity contribution is 0.260. The molecule has 1 aromatic carbocycles. The van der Waals surface area contributed by atoms with Gasteiger partial charge >= 0.3 is 0 Å². The van der Waals surface area contributed by atoms with Crippen molar-refractivity contribution in [3.05, 3.63) is 36.0 Å². The van der Waals surface area contributed by atoms with Gasteiger partial charge in [0.2, 0.25) is 5.89 Å². The van der Waals surface area contributed by atoms with E-state index in [0.29, 0.717) is 18.4 Å². The van der Waals surface area contributed by atoms with Gasteiger partial charge in [-0.2, -0.15) is 0 Å². The number of aryl methyl sites for hydroxylation is 1. The van der Waals surface area contributed by atoms with Crippen molar-refractivity contribution in [2.24, 2.45) is 5.92 Å². The number of ether oxygens (including phenoxy) is 1. The number of anilines is 1. The van der Waals surface area contributed by atoms with Crippen molar-refractivity contribution in [2.45, 2.75) is 33.3 Å². The van der Waals surface area contributed by atoms with Crippen LogP contribution >= 0.6 is 0 Å². The van der Waals surface area contributed by atoms with Gasteiger partial charge in [0.1, 0.15) is 5.75 Å². The van der Waals surface area contributed by atoms with Crippen LogP contribution in [-0.2, 0) is 6.61 Å². The van der Waals surface area contributed by atoms with E-state index in [9.17, 15) is 0 Å². The Balaban J connectivity index is 1.72. The van der Waals surface area contributed by atoms with Crippen LogP contribution < -0.4 is 9.64 Å². The predicted molar refractivity (Wildman–Crippen MR) is 80.4 cm³/mol. The Labute approximate surface area is 124 Å². The number of hydrogen-bond acceptors (Lipinski definition) is 5. The van der Waals surface area contributed by atoms with Gasteiger partial charge < -0.3 is 14.1 Å². The molecular formula is C16H21N3O2. The van der Waals surface area contributed by atoms with Crippen LogP contribution in [0.3, 0.4) is 0 Å². The topological polar surface area (TPSA) is 51.4 Å². The van der Waals surface area contributed by atoms with Crippen LogP contribution in [0, 0.1) is 12.8 Å². The largest absolute Gasteiger partial charge is 0.482 e. The molecule has 1 aromatic heterocycles. The molecule has 0 radical (unpaired) electrons. The van der Waals surface area contributed by atoms with E-state index in [1.54, 1.807) is 6.92 Å². The minimum absolute atomic E-state index is 0.307. The molecule has 5 nitrogen and oxygen atoms in total. The first-order valence-corrected chi connectivity index (χ1v) is 7.48. The van der Waals surface area contributed by atoms with Crippen molar-refractivity contribution in [3.63, 3.8) is 0 Å². The van der Waals surface area contributed by atoms with E-state index in [2.05, 4.69) is 34.2 Å². The number of nitrogens with zero attached hydrogens (tertiary/aromatic N) is 3. The summed E-state index contributed by atoms with van der Waals surface area (Å²) >= 11 is 0. The van der Waals surface area contributed by atoms with Gasteiger partial charge in [-0.3, -0.25) is 0 Å². The van der Waals surface area contributed by atoms with Gasteiger partial charge in [0.25, 0.3) is 5.89 Å². The third-order valence-corrected chi connectivity index (χ3v) is 3.78. The maximum Gasteiger partial charge on any atom is 0.253 e. The van der Waals surface area contributed by atoms with Gasteiger partial charge in [0, 0.05) is 20.0 Å². The monoisotopic (exact) mass is 287 g/mol. The van der Waals surface area contributed by atoms with Crippen LogP contribution in [-0.4, -0.2) is 23.3 Å². The molecule has 2 heterocycles. The number of rotatable bonds is 4. The molecule has 1 fully saturated rings. The number of hydrogen-bond donors (Lipinski definition) is 0. The van der Waals surface area contributed by atoms with E-state index in [-0.39, 0.29) is 0 Å². The number of benzene rings is 1. The summed E-state index contributed by atoms with van der Waals surface area (Å²) < 4.78 is 11.2. The van der Waals surface area contributed by atoms with Gasteiger partial charge in [0.05, 0.1) is 5.69 Å². The fraction of sp³-hybridized carbons (Fsp3) is 0.500. The summed E-state index contributed by atoms with van der Waals surface area (Å²) in [5.41, 5.74) is 1.15. The van der Waals surface area contributed by atoms with Crippen LogP contribution in [0.25, 0.3) is 0 Å². The van der Waals surface area contributed by atoms with E-state index in [1.807, 2.05) is 12.1 Å². The Hall–Kier alpha value is -2.04. The van der Waals surface area contributed by atoms with E-state index in [1.165, 1.54) is 12.8 Å². The highest BCUT2D eigenvalue weighted by molar-refractivity contribution is 5.58. The number of aromatic nitrogens is 2. The zero-order valence-electron chi connectivity index (χ0n) is 12.6. The van der Waals surface area contributed by atoms with Crippen LogP contribution in [0.2, 0.25) is 0 Å². The fourth-order valence-corrected chi connectivity index (χ4v) is 2.78. The highest BCUT2D eigenvalue weighted by atomic mass is 16.5. The average molecular weight is 287 g/mol. The van der Waals surface area contributed by atoms with Crippen molar-refractivity contribution in [2.75, 3.05) is 18.0 Å². The molecule has 1 aliphatic rings. The van der Waals surface area contributed by atoms with E-state index in [4.69, 9.17) is 9.15 Å². The molecule has 2 aromatic rings. The normalized spacial score (nSPS) is 18.8. The molecule has 1 atom stereocenters. The SMILES string of the molecule is Cc1nnc(COc2ccccc2N2CCCC(C)C2)o1. The average Bonchev–Trinajstić information content (AvgIpc) is 2.91. The first-order valence-electron chi connectivity index (χ1n) is 7.48. The van der Waals surface area contributed by atoms with Gasteiger partial charge in [-0.05, 0) is 30.9 Å². The molecule has 0 spiro atoms. The molecule has 0 saturated carbocycles. The first-order chi connectivity index (χ1) is 10.2.